The number of benzene rings is 2. The quantitative estimate of drug-likeness (QED) is 0.808. The predicted octanol–water partition coefficient (Wildman–Crippen LogP) is 3.74. The van der Waals surface area contributed by atoms with Crippen molar-refractivity contribution in [2.45, 2.75) is 6.10 Å². The van der Waals surface area contributed by atoms with E-state index in [9.17, 15) is 0 Å². The van der Waals surface area contributed by atoms with E-state index in [0.29, 0.717) is 16.6 Å². The van der Waals surface area contributed by atoms with Gasteiger partial charge in [-0.25, -0.2) is 0 Å². The summed E-state index contributed by atoms with van der Waals surface area (Å²) in [5.41, 5.74) is 2.00. The van der Waals surface area contributed by atoms with Gasteiger partial charge in [-0.3, -0.25) is 0 Å². The first kappa shape index (κ1) is 12.5. The lowest BCUT2D eigenvalue weighted by atomic mass is 10.1. The van der Waals surface area contributed by atoms with Crippen LogP contribution in [0.4, 0.5) is 0 Å². The molecule has 4 heteroatoms. The van der Waals surface area contributed by atoms with E-state index in [1.165, 1.54) is 0 Å². The van der Waals surface area contributed by atoms with Gasteiger partial charge in [0.2, 0.25) is 0 Å². The molecule has 0 amide bonds. The number of thiocarbonyl (C=S) groups is 1. The van der Waals surface area contributed by atoms with Gasteiger partial charge in [-0.2, -0.15) is 0 Å². The molecule has 0 fully saturated rings. The molecule has 1 unspecified atom stereocenters. The molecule has 3 rings (SSSR count). The molecular formula is C15H12ClNOS. The van der Waals surface area contributed by atoms with Crippen LogP contribution in [0.2, 0.25) is 5.02 Å². The molecule has 1 heterocycles. The summed E-state index contributed by atoms with van der Waals surface area (Å²) >= 11 is 11.4. The molecule has 0 spiro atoms. The van der Waals surface area contributed by atoms with Crippen LogP contribution in [0.1, 0.15) is 17.2 Å². The zero-order chi connectivity index (χ0) is 13.2. The highest BCUT2D eigenvalue weighted by Gasteiger charge is 2.21. The van der Waals surface area contributed by atoms with E-state index >= 15 is 0 Å². The molecule has 2 aromatic carbocycles. The third kappa shape index (κ3) is 2.57. The second kappa shape index (κ2) is 5.19. The highest BCUT2D eigenvalue weighted by Crippen LogP contribution is 2.30. The van der Waals surface area contributed by atoms with Crippen LogP contribution in [0.5, 0.6) is 5.75 Å². The first-order valence-corrected chi connectivity index (χ1v) is 6.82. The Balaban J connectivity index is 1.99. The Kier molecular flexibility index (Phi) is 3.40. The van der Waals surface area contributed by atoms with Crippen molar-refractivity contribution in [3.05, 3.63) is 64.7 Å². The average Bonchev–Trinajstić information content (AvgIpc) is 2.59. The predicted molar refractivity (Wildman–Crippen MR) is 81.0 cm³/mol. The third-order valence-corrected chi connectivity index (χ3v) is 3.68. The van der Waals surface area contributed by atoms with E-state index in [1.807, 2.05) is 48.5 Å². The first-order chi connectivity index (χ1) is 9.24. The van der Waals surface area contributed by atoms with E-state index in [2.05, 4.69) is 5.32 Å². The molecule has 2 aromatic rings. The highest BCUT2D eigenvalue weighted by atomic mass is 35.5. The molecule has 1 N–H and O–H groups in total. The number of nitrogens with one attached hydrogen (secondary N) is 1. The zero-order valence-electron chi connectivity index (χ0n) is 10.1. The van der Waals surface area contributed by atoms with Crippen LogP contribution in [0, 0.1) is 0 Å². The van der Waals surface area contributed by atoms with E-state index in [1.54, 1.807) is 0 Å². The van der Waals surface area contributed by atoms with E-state index < -0.39 is 0 Å². The largest absolute Gasteiger partial charge is 0.483 e. The monoisotopic (exact) mass is 289 g/mol. The van der Waals surface area contributed by atoms with Gasteiger partial charge in [0, 0.05) is 5.02 Å². The maximum Gasteiger partial charge on any atom is 0.141 e. The Labute approximate surface area is 122 Å². The van der Waals surface area contributed by atoms with Gasteiger partial charge in [0.05, 0.1) is 12.1 Å². The van der Waals surface area contributed by atoms with Crippen LogP contribution in [0.3, 0.4) is 0 Å². The van der Waals surface area contributed by atoms with E-state index in [-0.39, 0.29) is 6.10 Å². The van der Waals surface area contributed by atoms with Crippen molar-refractivity contribution in [1.82, 2.24) is 5.32 Å². The van der Waals surface area contributed by atoms with Crippen molar-refractivity contribution in [1.29, 1.82) is 0 Å². The van der Waals surface area contributed by atoms with Gasteiger partial charge in [-0.05, 0) is 23.8 Å². The van der Waals surface area contributed by atoms with Crippen molar-refractivity contribution in [3.63, 3.8) is 0 Å². The molecule has 0 saturated heterocycles. The zero-order valence-corrected chi connectivity index (χ0v) is 11.7. The maximum absolute atomic E-state index is 6.06. The smallest absolute Gasteiger partial charge is 0.141 e. The minimum Gasteiger partial charge on any atom is -0.483 e. The van der Waals surface area contributed by atoms with Crippen LogP contribution in [0.15, 0.2) is 48.5 Å². The minimum absolute atomic E-state index is 0.0705. The third-order valence-electron chi connectivity index (χ3n) is 3.08. The molecule has 0 saturated carbocycles. The van der Waals surface area contributed by atoms with Crippen LogP contribution < -0.4 is 10.1 Å². The van der Waals surface area contributed by atoms with Gasteiger partial charge >= 0.3 is 0 Å². The first-order valence-electron chi connectivity index (χ1n) is 6.03. The topological polar surface area (TPSA) is 21.3 Å². The number of hydrogen-bond acceptors (Lipinski definition) is 2. The summed E-state index contributed by atoms with van der Waals surface area (Å²) in [7, 11) is 0. The van der Waals surface area contributed by atoms with E-state index in [4.69, 9.17) is 28.6 Å². The molecule has 1 atom stereocenters. The fraction of sp³-hybridized carbons (Fsp3) is 0.133. The molecule has 0 bridgehead atoms. The Bertz CT molecular complexity index is 615. The summed E-state index contributed by atoms with van der Waals surface area (Å²) in [6.07, 6.45) is -0.0705. The number of hydrogen-bond donors (Lipinski definition) is 1. The molecule has 0 aliphatic carbocycles. The molecule has 0 radical (unpaired) electrons. The maximum atomic E-state index is 6.06. The summed E-state index contributed by atoms with van der Waals surface area (Å²) < 4.78 is 6.06. The van der Waals surface area contributed by atoms with Gasteiger partial charge < -0.3 is 10.1 Å². The second-order valence-electron chi connectivity index (χ2n) is 4.37. The number of ether oxygens (including phenoxy) is 1. The fourth-order valence-corrected chi connectivity index (χ4v) is 2.52. The molecule has 96 valence electrons. The fourth-order valence-electron chi connectivity index (χ4n) is 2.11. The normalized spacial score (nSPS) is 17.9. The van der Waals surface area contributed by atoms with Gasteiger partial charge in [0.15, 0.2) is 0 Å². The van der Waals surface area contributed by atoms with Crippen molar-refractivity contribution in [2.24, 2.45) is 0 Å². The summed E-state index contributed by atoms with van der Waals surface area (Å²) in [5, 5.41) is 3.88. The van der Waals surface area contributed by atoms with Gasteiger partial charge in [0.1, 0.15) is 16.8 Å². The number of halogens is 1. The number of rotatable bonds is 1. The van der Waals surface area contributed by atoms with Gasteiger partial charge in [-0.15, -0.1) is 0 Å². The van der Waals surface area contributed by atoms with Crippen LogP contribution >= 0.6 is 23.8 Å². The Morgan fingerprint density at radius 1 is 1.16 bits per heavy atom. The summed E-state index contributed by atoms with van der Waals surface area (Å²) in [5.74, 6) is 0.733. The molecule has 1 aliphatic rings. The molecule has 2 nitrogen and oxygen atoms in total. The molecular weight excluding hydrogens is 278 g/mol. The van der Waals surface area contributed by atoms with Crippen LogP contribution in [-0.2, 0) is 0 Å². The molecule has 0 aromatic heterocycles. The molecule has 19 heavy (non-hydrogen) atoms. The lowest BCUT2D eigenvalue weighted by Gasteiger charge is -2.17. The minimum atomic E-state index is -0.0705. The Morgan fingerprint density at radius 3 is 2.74 bits per heavy atom. The molecule has 1 aliphatic heterocycles. The number of fused-ring (bicyclic) bond motifs is 1. The average molecular weight is 290 g/mol. The summed E-state index contributed by atoms with van der Waals surface area (Å²) in [6.45, 7) is 0.648. The van der Waals surface area contributed by atoms with Crippen molar-refractivity contribution in [3.8, 4) is 5.75 Å². The van der Waals surface area contributed by atoms with Crippen LogP contribution in [0.25, 0.3) is 0 Å². The van der Waals surface area contributed by atoms with Gasteiger partial charge in [-0.1, -0.05) is 54.2 Å². The van der Waals surface area contributed by atoms with E-state index in [0.717, 1.165) is 16.9 Å². The highest BCUT2D eigenvalue weighted by molar-refractivity contribution is 7.80. The SMILES string of the molecule is S=C1NCC(c2ccccc2)Oc2cc(Cl)ccc21. The van der Waals surface area contributed by atoms with Crippen molar-refractivity contribution < 1.29 is 4.74 Å². The van der Waals surface area contributed by atoms with Crippen LogP contribution in [-0.4, -0.2) is 11.5 Å². The summed E-state index contributed by atoms with van der Waals surface area (Å²) in [4.78, 5) is 0.699. The van der Waals surface area contributed by atoms with Crippen molar-refractivity contribution in [2.75, 3.05) is 6.54 Å². The second-order valence-corrected chi connectivity index (χ2v) is 5.21. The van der Waals surface area contributed by atoms with Gasteiger partial charge in [0.25, 0.3) is 0 Å². The lowest BCUT2D eigenvalue weighted by Crippen LogP contribution is -2.26. The standard InChI is InChI=1S/C15H12ClNOS/c16-11-6-7-12-13(8-11)18-14(9-17-15(12)19)10-4-2-1-3-5-10/h1-8,14H,9H2,(H,17,19). The van der Waals surface area contributed by atoms with Crippen molar-refractivity contribution >= 4 is 28.8 Å². The Morgan fingerprint density at radius 2 is 1.95 bits per heavy atom. The Hall–Kier alpha value is -1.58. The summed E-state index contributed by atoms with van der Waals surface area (Å²) in [6, 6.07) is 15.6. The lowest BCUT2D eigenvalue weighted by molar-refractivity contribution is 0.212.